The highest BCUT2D eigenvalue weighted by atomic mass is 16.7. The first-order chi connectivity index (χ1) is 26.2. The van der Waals surface area contributed by atoms with Gasteiger partial charge >= 0.3 is 29.8 Å². The summed E-state index contributed by atoms with van der Waals surface area (Å²) in [5, 5.41) is 5.85. The average molecular weight is 737 g/mol. The number of methoxy groups -OCH3 is 1. The lowest BCUT2D eigenvalue weighted by Crippen LogP contribution is -2.71. The first-order valence-electron chi connectivity index (χ1n) is 16.3. The molecule has 0 bridgehead atoms. The van der Waals surface area contributed by atoms with Gasteiger partial charge in [0.05, 0.1) is 29.4 Å². The summed E-state index contributed by atoms with van der Waals surface area (Å²) in [6, 6.07) is 30.3. The molecule has 1 amide bonds. The van der Waals surface area contributed by atoms with Crippen LogP contribution in [-0.4, -0.2) is 86.2 Å². The molecule has 0 unspecified atom stereocenters. The number of benzene rings is 4. The molecule has 0 aliphatic carbocycles. The van der Waals surface area contributed by atoms with Gasteiger partial charge in [0.25, 0.3) is 11.6 Å². The number of nitrogens with one attached hydrogen (secondary N) is 1. The predicted molar refractivity (Wildman–Crippen MR) is 185 cm³/mol. The second-order valence-corrected chi connectivity index (χ2v) is 11.4. The second kappa shape index (κ2) is 17.9. The Morgan fingerprint density at radius 3 is 1.54 bits per heavy atom. The van der Waals surface area contributed by atoms with Crippen molar-refractivity contribution in [1.29, 1.82) is 0 Å². The number of ether oxygens (including phenoxy) is 6. The van der Waals surface area contributed by atoms with Crippen LogP contribution in [0, 0.1) is 0 Å². The van der Waals surface area contributed by atoms with Crippen molar-refractivity contribution in [1.82, 2.24) is 5.32 Å². The Balaban J connectivity index is 1.67. The van der Waals surface area contributed by atoms with Gasteiger partial charge in [-0.1, -0.05) is 72.8 Å². The van der Waals surface area contributed by atoms with E-state index in [1.165, 1.54) is 72.8 Å². The van der Waals surface area contributed by atoms with E-state index in [0.29, 0.717) is 0 Å². The molecule has 5 rings (SSSR count). The van der Waals surface area contributed by atoms with Crippen LogP contribution in [0.3, 0.4) is 0 Å². The Labute approximate surface area is 307 Å². The summed E-state index contributed by atoms with van der Waals surface area (Å²) >= 11 is 0. The summed E-state index contributed by atoms with van der Waals surface area (Å²) in [5.41, 5.74) is 6.95. The van der Waals surface area contributed by atoms with Crippen LogP contribution in [0.1, 0.15) is 41.4 Å². The molecular weight excluding hydrogens is 704 g/mol. The van der Waals surface area contributed by atoms with Crippen molar-refractivity contribution in [3.8, 4) is 0 Å². The molecule has 4 aromatic rings. The predicted octanol–water partition coefficient (Wildman–Crippen LogP) is 4.21. The Bertz CT molecular complexity index is 2010. The number of esters is 5. The minimum absolute atomic E-state index is 0.0122. The van der Waals surface area contributed by atoms with Crippen LogP contribution in [0.25, 0.3) is 10.4 Å². The summed E-state index contributed by atoms with van der Waals surface area (Å²) in [5.74, 6) is -6.29. The smallest absolute Gasteiger partial charge is 0.338 e. The molecule has 54 heavy (non-hydrogen) atoms. The molecule has 4 aromatic carbocycles. The molecule has 1 saturated heterocycles. The van der Waals surface area contributed by atoms with Gasteiger partial charge in [-0.15, -0.1) is 0 Å². The van der Waals surface area contributed by atoms with Crippen molar-refractivity contribution >= 4 is 35.8 Å². The third kappa shape index (κ3) is 9.06. The number of amides is 1. The van der Waals surface area contributed by atoms with E-state index in [9.17, 15) is 34.3 Å². The lowest BCUT2D eigenvalue weighted by molar-refractivity contribution is -0.262. The summed E-state index contributed by atoms with van der Waals surface area (Å²) in [6.07, 6.45) is -7.82. The van der Waals surface area contributed by atoms with Crippen LogP contribution < -0.4 is 5.32 Å². The van der Waals surface area contributed by atoms with Crippen LogP contribution in [-0.2, 0) is 38.0 Å². The summed E-state index contributed by atoms with van der Waals surface area (Å²) < 4.78 is 33.9. The third-order valence-electron chi connectivity index (χ3n) is 7.98. The number of hydrogen-bond acceptors (Lipinski definition) is 13. The lowest BCUT2D eigenvalue weighted by Gasteiger charge is -2.48. The maximum atomic E-state index is 14.2. The van der Waals surface area contributed by atoms with Crippen LogP contribution >= 0.6 is 0 Å². The van der Waals surface area contributed by atoms with Crippen molar-refractivity contribution in [3.63, 3.8) is 0 Å². The Kier molecular flexibility index (Phi) is 12.7. The molecule has 0 spiro atoms. The summed E-state index contributed by atoms with van der Waals surface area (Å²) in [7, 11) is 1.06. The minimum Gasteiger partial charge on any atom is -0.468 e. The third-order valence-corrected chi connectivity index (χ3v) is 7.98. The molecule has 1 fully saturated rings. The molecule has 0 aromatic heterocycles. The molecule has 1 N–H and O–H groups in total. The van der Waals surface area contributed by atoms with Crippen LogP contribution in [0.5, 0.6) is 0 Å². The number of rotatable bonds is 13. The van der Waals surface area contributed by atoms with Gasteiger partial charge in [-0.05, 0) is 59.2 Å². The molecule has 1 heterocycles. The highest BCUT2D eigenvalue weighted by Crippen LogP contribution is 2.39. The van der Waals surface area contributed by atoms with Gasteiger partial charge < -0.3 is 33.7 Å². The van der Waals surface area contributed by atoms with Crippen LogP contribution in [0.15, 0.2) is 126 Å². The van der Waals surface area contributed by atoms with Gasteiger partial charge in [-0.3, -0.25) is 9.59 Å². The minimum atomic E-state index is -3.01. The first-order valence-corrected chi connectivity index (χ1v) is 16.3. The second-order valence-electron chi connectivity index (χ2n) is 11.4. The zero-order valence-corrected chi connectivity index (χ0v) is 28.5. The van der Waals surface area contributed by atoms with E-state index in [0.717, 1.165) is 7.11 Å². The van der Waals surface area contributed by atoms with Crippen molar-refractivity contribution < 1.29 is 57.2 Å². The normalized spacial score (nSPS) is 20.2. The SMILES string of the molecule is COC(=O)CNC(=O)[C@@]1(N=[N+]=[N-])O[C@H](COC(=O)c2ccccc2)[C@@H](OC(=O)c2ccccc2)[C@H](OC(=O)c2ccccc2)[C@H]1OC(=O)c1ccccc1. The van der Waals surface area contributed by atoms with Crippen molar-refractivity contribution in [3.05, 3.63) is 154 Å². The van der Waals surface area contributed by atoms with Crippen molar-refractivity contribution in [2.45, 2.75) is 30.1 Å². The first kappa shape index (κ1) is 38.2. The fourth-order valence-electron chi connectivity index (χ4n) is 5.35. The van der Waals surface area contributed by atoms with Gasteiger partial charge in [0.2, 0.25) is 0 Å². The molecule has 276 valence electrons. The van der Waals surface area contributed by atoms with Gasteiger partial charge in [-0.25, -0.2) is 19.2 Å². The zero-order valence-electron chi connectivity index (χ0n) is 28.5. The molecule has 16 heteroatoms. The number of carbonyl (C=O) groups excluding carboxylic acids is 6. The van der Waals surface area contributed by atoms with Crippen molar-refractivity contribution in [2.75, 3.05) is 20.3 Å². The molecule has 16 nitrogen and oxygen atoms in total. The van der Waals surface area contributed by atoms with E-state index >= 15 is 0 Å². The average Bonchev–Trinajstić information content (AvgIpc) is 3.22. The Morgan fingerprint density at radius 2 is 1.09 bits per heavy atom. The van der Waals surface area contributed by atoms with Gasteiger partial charge in [0.15, 0.2) is 18.3 Å². The van der Waals surface area contributed by atoms with E-state index < -0.39 is 79.0 Å². The Morgan fingerprint density at radius 1 is 0.667 bits per heavy atom. The largest absolute Gasteiger partial charge is 0.468 e. The summed E-state index contributed by atoms with van der Waals surface area (Å²) in [6.45, 7) is -1.58. The van der Waals surface area contributed by atoms with Gasteiger partial charge in [-0.2, -0.15) is 0 Å². The number of carbonyl (C=O) groups is 6. The van der Waals surface area contributed by atoms with Crippen molar-refractivity contribution in [2.24, 2.45) is 5.11 Å². The zero-order chi connectivity index (χ0) is 38.5. The number of azide groups is 1. The van der Waals surface area contributed by atoms with Gasteiger partial charge in [0, 0.05) is 4.91 Å². The summed E-state index contributed by atoms with van der Waals surface area (Å²) in [4.78, 5) is 83.3. The molecule has 0 saturated carbocycles. The number of hydrogen-bond donors (Lipinski definition) is 1. The Hall–Kier alpha value is -7.03. The fraction of sp³-hybridized carbons (Fsp3) is 0.211. The van der Waals surface area contributed by atoms with Crippen LogP contribution in [0.2, 0.25) is 0 Å². The van der Waals surface area contributed by atoms with E-state index in [1.807, 2.05) is 0 Å². The van der Waals surface area contributed by atoms with Crippen LogP contribution in [0.4, 0.5) is 0 Å². The molecular formula is C38H32N4O12. The van der Waals surface area contributed by atoms with E-state index in [-0.39, 0.29) is 22.3 Å². The van der Waals surface area contributed by atoms with Gasteiger partial charge in [0.1, 0.15) is 19.3 Å². The molecule has 1 aliphatic rings. The highest BCUT2D eigenvalue weighted by Gasteiger charge is 2.64. The fourth-order valence-corrected chi connectivity index (χ4v) is 5.35. The van der Waals surface area contributed by atoms with E-state index in [2.05, 4.69) is 20.1 Å². The number of nitrogens with zero attached hydrogens (tertiary/aromatic N) is 3. The monoisotopic (exact) mass is 736 g/mol. The van der Waals surface area contributed by atoms with E-state index in [4.69, 9.17) is 23.7 Å². The standard InChI is InChI=1S/C38H32N4O12/c1-49-29(43)22-40-37(48)38(41-42-39)32(53-36(47)27-20-12-5-13-21-27)31(52-35(46)26-18-10-4-11-19-26)30(51-34(45)25-16-8-3-9-17-25)28(54-38)23-50-33(44)24-14-6-2-7-15-24/h2-21,28,30-32H,22-23H2,1H3,(H,40,48)/t28-,30-,31+,32-,38+/m1/s1. The lowest BCUT2D eigenvalue weighted by atomic mass is 9.89. The maximum absolute atomic E-state index is 14.2. The topological polar surface area (TPSA) is 219 Å². The highest BCUT2D eigenvalue weighted by molar-refractivity contribution is 5.93. The molecule has 5 atom stereocenters. The maximum Gasteiger partial charge on any atom is 0.338 e. The molecule has 1 aliphatic heterocycles. The molecule has 0 radical (unpaired) electrons. The van der Waals surface area contributed by atoms with E-state index in [1.54, 1.807) is 48.5 Å². The quantitative estimate of drug-likeness (QED) is 0.0671.